The Hall–Kier alpha value is -2.04. The number of carbonyl (C=O) groups excluding carboxylic acids is 1. The van der Waals surface area contributed by atoms with Crippen LogP contribution in [-0.4, -0.2) is 17.6 Å². The molecule has 2 rings (SSSR count). The van der Waals surface area contributed by atoms with E-state index in [9.17, 15) is 9.90 Å². The maximum Gasteiger partial charge on any atom is 0.262 e. The number of hydrogen-bond donors (Lipinski definition) is 2. The van der Waals surface area contributed by atoms with Crippen molar-refractivity contribution in [3.8, 4) is 5.75 Å². The lowest BCUT2D eigenvalue weighted by Crippen LogP contribution is -2.20. The molecule has 21 heavy (non-hydrogen) atoms. The van der Waals surface area contributed by atoms with E-state index in [1.54, 1.807) is 55.5 Å². The van der Waals surface area contributed by atoms with Gasteiger partial charge in [0.1, 0.15) is 5.75 Å². The second kappa shape index (κ2) is 7.11. The summed E-state index contributed by atoms with van der Waals surface area (Å²) >= 11 is 5.95. The number of carbonyl (C=O) groups is 1. The summed E-state index contributed by atoms with van der Waals surface area (Å²) in [6.07, 6.45) is -0.525. The number of halogens is 1. The van der Waals surface area contributed by atoms with Gasteiger partial charge in [0.25, 0.3) is 5.91 Å². The summed E-state index contributed by atoms with van der Waals surface area (Å²) in [5.74, 6) is 0.274. The van der Waals surface area contributed by atoms with Gasteiger partial charge in [0.15, 0.2) is 6.61 Å². The van der Waals surface area contributed by atoms with Gasteiger partial charge in [-0.2, -0.15) is 0 Å². The van der Waals surface area contributed by atoms with Crippen molar-refractivity contribution in [2.75, 3.05) is 11.9 Å². The molecule has 0 aliphatic rings. The van der Waals surface area contributed by atoms with Gasteiger partial charge >= 0.3 is 0 Å². The summed E-state index contributed by atoms with van der Waals surface area (Å²) in [7, 11) is 0. The first-order valence-electron chi connectivity index (χ1n) is 6.51. The molecule has 0 saturated heterocycles. The van der Waals surface area contributed by atoms with Gasteiger partial charge in [-0.05, 0) is 36.8 Å². The maximum absolute atomic E-state index is 11.8. The Kier molecular flexibility index (Phi) is 5.20. The number of hydrogen-bond acceptors (Lipinski definition) is 3. The van der Waals surface area contributed by atoms with Gasteiger partial charge < -0.3 is 15.2 Å². The van der Waals surface area contributed by atoms with Crippen LogP contribution in [0.5, 0.6) is 5.75 Å². The van der Waals surface area contributed by atoms with Crippen molar-refractivity contribution in [1.29, 1.82) is 0 Å². The summed E-state index contributed by atoms with van der Waals surface area (Å²) in [4.78, 5) is 11.8. The standard InChI is InChI=1S/C16H16ClNO3/c1-11(19)12-6-8-13(9-7-12)21-10-16(20)18-15-5-3-2-4-14(15)17/h2-9,11,19H,10H2,1H3,(H,18,20). The minimum Gasteiger partial charge on any atom is -0.484 e. The minimum atomic E-state index is -0.525. The van der Waals surface area contributed by atoms with Gasteiger partial charge in [-0.1, -0.05) is 35.9 Å². The van der Waals surface area contributed by atoms with Gasteiger partial charge in [0.2, 0.25) is 0 Å². The molecule has 1 unspecified atom stereocenters. The molecule has 0 fully saturated rings. The molecule has 0 aromatic heterocycles. The van der Waals surface area contributed by atoms with Crippen LogP contribution in [0.3, 0.4) is 0 Å². The summed E-state index contributed by atoms with van der Waals surface area (Å²) < 4.78 is 5.38. The monoisotopic (exact) mass is 305 g/mol. The number of aliphatic hydroxyl groups excluding tert-OH is 1. The Morgan fingerprint density at radius 1 is 1.24 bits per heavy atom. The zero-order valence-electron chi connectivity index (χ0n) is 11.5. The summed E-state index contributed by atoms with van der Waals surface area (Å²) in [6.45, 7) is 1.58. The zero-order chi connectivity index (χ0) is 15.2. The van der Waals surface area contributed by atoms with Gasteiger partial charge in [-0.3, -0.25) is 4.79 Å². The van der Waals surface area contributed by atoms with E-state index >= 15 is 0 Å². The molecule has 2 aromatic carbocycles. The lowest BCUT2D eigenvalue weighted by molar-refractivity contribution is -0.118. The molecule has 0 bridgehead atoms. The number of nitrogens with one attached hydrogen (secondary N) is 1. The molecule has 2 N–H and O–H groups in total. The Bertz CT molecular complexity index is 611. The number of rotatable bonds is 5. The summed E-state index contributed by atoms with van der Waals surface area (Å²) in [6, 6.07) is 13.9. The van der Waals surface area contributed by atoms with Gasteiger partial charge in [-0.15, -0.1) is 0 Å². The smallest absolute Gasteiger partial charge is 0.262 e. The van der Waals surface area contributed by atoms with Crippen LogP contribution >= 0.6 is 11.6 Å². The van der Waals surface area contributed by atoms with Crippen LogP contribution in [0.15, 0.2) is 48.5 Å². The van der Waals surface area contributed by atoms with Crippen molar-refractivity contribution >= 4 is 23.2 Å². The SMILES string of the molecule is CC(O)c1ccc(OCC(=O)Nc2ccccc2Cl)cc1. The average Bonchev–Trinajstić information content (AvgIpc) is 2.48. The predicted octanol–water partition coefficient (Wildman–Crippen LogP) is 3.41. The largest absolute Gasteiger partial charge is 0.484 e. The normalized spacial score (nSPS) is 11.8. The molecule has 0 heterocycles. The van der Waals surface area contributed by atoms with Crippen LogP contribution in [0.4, 0.5) is 5.69 Å². The molecule has 110 valence electrons. The first kappa shape index (κ1) is 15.4. The van der Waals surface area contributed by atoms with Crippen molar-refractivity contribution in [1.82, 2.24) is 0 Å². The number of ether oxygens (including phenoxy) is 1. The van der Waals surface area contributed by atoms with Crippen LogP contribution in [0.1, 0.15) is 18.6 Å². The Labute approximate surface area is 128 Å². The molecule has 0 spiro atoms. The molecule has 0 saturated carbocycles. The van der Waals surface area contributed by atoms with E-state index in [0.29, 0.717) is 16.5 Å². The maximum atomic E-state index is 11.8. The van der Waals surface area contributed by atoms with Crippen LogP contribution in [0.25, 0.3) is 0 Å². The van der Waals surface area contributed by atoms with E-state index in [0.717, 1.165) is 5.56 Å². The van der Waals surface area contributed by atoms with E-state index in [2.05, 4.69) is 5.32 Å². The molecule has 1 amide bonds. The van der Waals surface area contributed by atoms with Gasteiger partial charge in [0.05, 0.1) is 16.8 Å². The molecule has 0 aliphatic carbocycles. The van der Waals surface area contributed by atoms with Crippen molar-refractivity contribution < 1.29 is 14.6 Å². The van der Waals surface area contributed by atoms with Crippen molar-refractivity contribution in [3.05, 3.63) is 59.1 Å². The molecular weight excluding hydrogens is 290 g/mol. The lowest BCUT2D eigenvalue weighted by atomic mass is 10.1. The third-order valence-electron chi connectivity index (χ3n) is 2.88. The first-order chi connectivity index (χ1) is 10.1. The predicted molar refractivity (Wildman–Crippen MR) is 82.7 cm³/mol. The highest BCUT2D eigenvalue weighted by atomic mass is 35.5. The zero-order valence-corrected chi connectivity index (χ0v) is 12.3. The molecule has 0 radical (unpaired) electrons. The molecule has 5 heteroatoms. The topological polar surface area (TPSA) is 58.6 Å². The highest BCUT2D eigenvalue weighted by Gasteiger charge is 2.07. The minimum absolute atomic E-state index is 0.112. The molecular formula is C16H16ClNO3. The van der Waals surface area contributed by atoms with Crippen molar-refractivity contribution in [3.63, 3.8) is 0 Å². The lowest BCUT2D eigenvalue weighted by Gasteiger charge is -2.09. The van der Waals surface area contributed by atoms with Crippen molar-refractivity contribution in [2.45, 2.75) is 13.0 Å². The quantitative estimate of drug-likeness (QED) is 0.890. The summed E-state index contributed by atoms with van der Waals surface area (Å²) in [5.41, 5.74) is 1.35. The van der Waals surface area contributed by atoms with Crippen LogP contribution in [-0.2, 0) is 4.79 Å². The van der Waals surface area contributed by atoms with E-state index in [1.807, 2.05) is 0 Å². The number of benzene rings is 2. The number of anilines is 1. The molecule has 4 nitrogen and oxygen atoms in total. The van der Waals surface area contributed by atoms with Crippen LogP contribution < -0.4 is 10.1 Å². The fourth-order valence-electron chi connectivity index (χ4n) is 1.74. The number of amides is 1. The van der Waals surface area contributed by atoms with Crippen molar-refractivity contribution in [2.24, 2.45) is 0 Å². The summed E-state index contributed by atoms with van der Waals surface area (Å²) in [5, 5.41) is 12.6. The fourth-order valence-corrected chi connectivity index (χ4v) is 1.92. The molecule has 2 aromatic rings. The fraction of sp³-hybridized carbons (Fsp3) is 0.188. The van der Waals surface area contributed by atoms with Crippen LogP contribution in [0, 0.1) is 0 Å². The third kappa shape index (κ3) is 4.48. The first-order valence-corrected chi connectivity index (χ1v) is 6.89. The number of para-hydroxylation sites is 1. The van der Waals surface area contributed by atoms with E-state index in [-0.39, 0.29) is 12.5 Å². The number of aliphatic hydroxyl groups is 1. The second-order valence-electron chi connectivity index (χ2n) is 4.56. The van der Waals surface area contributed by atoms with Crippen LogP contribution in [0.2, 0.25) is 5.02 Å². The highest BCUT2D eigenvalue weighted by Crippen LogP contribution is 2.20. The van der Waals surface area contributed by atoms with Gasteiger partial charge in [-0.25, -0.2) is 0 Å². The van der Waals surface area contributed by atoms with E-state index in [1.165, 1.54) is 0 Å². The Morgan fingerprint density at radius 3 is 2.52 bits per heavy atom. The molecule has 1 atom stereocenters. The van der Waals surface area contributed by atoms with E-state index in [4.69, 9.17) is 16.3 Å². The van der Waals surface area contributed by atoms with Gasteiger partial charge in [0, 0.05) is 0 Å². The highest BCUT2D eigenvalue weighted by molar-refractivity contribution is 6.33. The average molecular weight is 306 g/mol. The van der Waals surface area contributed by atoms with E-state index < -0.39 is 6.10 Å². The Balaban J connectivity index is 1.88. The molecule has 0 aliphatic heterocycles. The third-order valence-corrected chi connectivity index (χ3v) is 3.21. The Morgan fingerprint density at radius 2 is 1.90 bits per heavy atom. The second-order valence-corrected chi connectivity index (χ2v) is 4.97.